The number of para-hydroxylation sites is 1. The molecular formula is C25H25N5O2. The minimum absolute atomic E-state index is 0.163. The lowest BCUT2D eigenvalue weighted by atomic mass is 9.92. The number of pyridine rings is 2. The van der Waals surface area contributed by atoms with Gasteiger partial charge >= 0.3 is 0 Å². The maximum atomic E-state index is 12.4. The lowest BCUT2D eigenvalue weighted by Crippen LogP contribution is -2.22. The summed E-state index contributed by atoms with van der Waals surface area (Å²) < 4.78 is 7.34. The van der Waals surface area contributed by atoms with Gasteiger partial charge in [0.2, 0.25) is 0 Å². The maximum absolute atomic E-state index is 12.4. The highest BCUT2D eigenvalue weighted by Gasteiger charge is 2.18. The fourth-order valence-corrected chi connectivity index (χ4v) is 4.21. The number of nitrogens with zero attached hydrogens (tertiary/aromatic N) is 4. The van der Waals surface area contributed by atoms with Crippen molar-refractivity contribution < 1.29 is 4.74 Å². The number of nitrogens with one attached hydrogen (secondary N) is 1. The fraction of sp³-hybridized carbons (Fsp3) is 0.280. The minimum atomic E-state index is -0.163. The summed E-state index contributed by atoms with van der Waals surface area (Å²) in [5, 5.41) is 4.72. The molecule has 0 radical (unpaired) electrons. The van der Waals surface area contributed by atoms with E-state index in [1.807, 2.05) is 24.3 Å². The second-order valence-electron chi connectivity index (χ2n) is 7.97. The summed E-state index contributed by atoms with van der Waals surface area (Å²) in [4.78, 5) is 25.9. The third-order valence-corrected chi connectivity index (χ3v) is 5.87. The van der Waals surface area contributed by atoms with Crippen LogP contribution in [0.15, 0.2) is 59.7 Å². The van der Waals surface area contributed by atoms with Gasteiger partial charge in [-0.1, -0.05) is 18.2 Å². The molecule has 3 heterocycles. The molecule has 0 aliphatic heterocycles. The summed E-state index contributed by atoms with van der Waals surface area (Å²) in [6, 6.07) is 13.7. The molecule has 1 aromatic carbocycles. The third-order valence-electron chi connectivity index (χ3n) is 5.87. The first kappa shape index (κ1) is 20.2. The van der Waals surface area contributed by atoms with Gasteiger partial charge in [0.05, 0.1) is 11.2 Å². The van der Waals surface area contributed by atoms with Gasteiger partial charge in [-0.15, -0.1) is 0 Å². The van der Waals surface area contributed by atoms with Crippen molar-refractivity contribution in [3.8, 4) is 17.3 Å². The van der Waals surface area contributed by atoms with Crippen LogP contribution < -0.4 is 15.6 Å². The molecule has 7 heteroatoms. The Morgan fingerprint density at radius 1 is 1.06 bits per heavy atom. The number of fused-ring (bicyclic) bond motifs is 2. The number of hydrogen-bond donors (Lipinski definition) is 1. The van der Waals surface area contributed by atoms with Gasteiger partial charge in [0.25, 0.3) is 11.6 Å². The van der Waals surface area contributed by atoms with Crippen LogP contribution >= 0.6 is 0 Å². The Morgan fingerprint density at radius 2 is 1.88 bits per heavy atom. The Bertz CT molecular complexity index is 1320. The zero-order chi connectivity index (χ0) is 21.9. The van der Waals surface area contributed by atoms with Gasteiger partial charge in [-0.3, -0.25) is 19.3 Å². The molecule has 0 fully saturated rings. The van der Waals surface area contributed by atoms with Crippen molar-refractivity contribution in [1.29, 1.82) is 0 Å². The molecule has 0 atom stereocenters. The van der Waals surface area contributed by atoms with Crippen molar-refractivity contribution in [2.45, 2.75) is 25.7 Å². The molecule has 0 saturated heterocycles. The van der Waals surface area contributed by atoms with Crippen LogP contribution in [-0.4, -0.2) is 32.7 Å². The topological polar surface area (TPSA) is 81.9 Å². The highest BCUT2D eigenvalue weighted by Crippen LogP contribution is 2.33. The Balaban J connectivity index is 1.35. The van der Waals surface area contributed by atoms with Gasteiger partial charge in [0.15, 0.2) is 0 Å². The predicted molar refractivity (Wildman–Crippen MR) is 125 cm³/mol. The smallest absolute Gasteiger partial charge is 0.299 e. The zero-order valence-electron chi connectivity index (χ0n) is 18.0. The van der Waals surface area contributed by atoms with Gasteiger partial charge < -0.3 is 10.1 Å². The lowest BCUT2D eigenvalue weighted by molar-refractivity contribution is 0.290. The second kappa shape index (κ2) is 8.78. The first-order chi connectivity index (χ1) is 15.7. The number of rotatable bonds is 6. The van der Waals surface area contributed by atoms with E-state index in [0.717, 1.165) is 35.0 Å². The Kier molecular flexibility index (Phi) is 5.54. The van der Waals surface area contributed by atoms with E-state index < -0.39 is 0 Å². The third kappa shape index (κ3) is 3.93. The van der Waals surface area contributed by atoms with E-state index in [1.54, 1.807) is 19.4 Å². The average Bonchev–Trinajstić information content (AvgIpc) is 2.84. The summed E-state index contributed by atoms with van der Waals surface area (Å²) in [5.74, 6) is 0. The highest BCUT2D eigenvalue weighted by molar-refractivity contribution is 5.93. The molecule has 3 aromatic heterocycles. The normalized spacial score (nSPS) is 13.0. The van der Waals surface area contributed by atoms with Crippen molar-refractivity contribution in [2.24, 2.45) is 7.05 Å². The molecule has 4 aromatic rings. The summed E-state index contributed by atoms with van der Waals surface area (Å²) in [6.07, 6.45) is 7.80. The Labute approximate surface area is 186 Å². The van der Waals surface area contributed by atoms with E-state index in [1.165, 1.54) is 34.7 Å². The van der Waals surface area contributed by atoms with Gasteiger partial charge in [-0.05, 0) is 49.4 Å². The molecule has 32 heavy (non-hydrogen) atoms. The van der Waals surface area contributed by atoms with Gasteiger partial charge in [-0.2, -0.15) is 4.98 Å². The molecule has 0 bridgehead atoms. The van der Waals surface area contributed by atoms with E-state index >= 15 is 0 Å². The van der Waals surface area contributed by atoms with E-state index in [4.69, 9.17) is 9.72 Å². The van der Waals surface area contributed by atoms with Crippen LogP contribution in [0.2, 0.25) is 0 Å². The molecule has 0 amide bonds. The molecule has 0 saturated carbocycles. The van der Waals surface area contributed by atoms with Crippen molar-refractivity contribution in [1.82, 2.24) is 19.5 Å². The van der Waals surface area contributed by atoms with Crippen molar-refractivity contribution >= 4 is 16.6 Å². The van der Waals surface area contributed by atoms with Crippen LogP contribution in [0.3, 0.4) is 0 Å². The standard InChI is InChI=1S/C25H25N5O2/c1-30-23(31)16-22(17-10-12-26-13-11-17)29-25(30)32-15-14-27-24-18-6-2-4-8-20(18)28-21-9-5-3-7-19(21)24/h2,4,6,8,10-13,16H,3,5,7,9,14-15H2,1H3,(H,27,28). The van der Waals surface area contributed by atoms with Crippen LogP contribution in [0.25, 0.3) is 22.2 Å². The van der Waals surface area contributed by atoms with Crippen molar-refractivity contribution in [2.75, 3.05) is 18.5 Å². The Morgan fingerprint density at radius 3 is 2.75 bits per heavy atom. The van der Waals surface area contributed by atoms with Crippen LogP contribution in [0.1, 0.15) is 24.1 Å². The van der Waals surface area contributed by atoms with E-state index in [0.29, 0.717) is 24.9 Å². The van der Waals surface area contributed by atoms with Gasteiger partial charge in [0.1, 0.15) is 6.61 Å². The SMILES string of the molecule is Cn1c(OCCNc2c3c(nc4ccccc24)CCCC3)nc(-c2ccncc2)cc1=O. The summed E-state index contributed by atoms with van der Waals surface area (Å²) >= 11 is 0. The average molecular weight is 428 g/mol. The van der Waals surface area contributed by atoms with E-state index in [2.05, 4.69) is 27.4 Å². The number of hydrogen-bond acceptors (Lipinski definition) is 6. The first-order valence-electron chi connectivity index (χ1n) is 11.0. The predicted octanol–water partition coefficient (Wildman–Crippen LogP) is 3.76. The molecule has 162 valence electrons. The zero-order valence-corrected chi connectivity index (χ0v) is 18.0. The van der Waals surface area contributed by atoms with Crippen molar-refractivity contribution in [3.05, 3.63) is 76.5 Å². The summed E-state index contributed by atoms with van der Waals surface area (Å²) in [5.41, 5.74) is 5.94. The molecule has 0 unspecified atom stereocenters. The molecule has 1 N–H and O–H groups in total. The fourth-order valence-electron chi connectivity index (χ4n) is 4.21. The second-order valence-corrected chi connectivity index (χ2v) is 7.97. The minimum Gasteiger partial charge on any atom is -0.463 e. The molecule has 1 aliphatic carbocycles. The van der Waals surface area contributed by atoms with E-state index in [9.17, 15) is 4.79 Å². The monoisotopic (exact) mass is 427 g/mol. The molecule has 7 nitrogen and oxygen atoms in total. The van der Waals surface area contributed by atoms with Gasteiger partial charge in [-0.25, -0.2) is 0 Å². The van der Waals surface area contributed by atoms with Crippen LogP contribution in [0.5, 0.6) is 6.01 Å². The molecule has 1 aliphatic rings. The van der Waals surface area contributed by atoms with Crippen LogP contribution in [0.4, 0.5) is 5.69 Å². The number of benzene rings is 1. The van der Waals surface area contributed by atoms with Crippen LogP contribution in [0, 0.1) is 0 Å². The summed E-state index contributed by atoms with van der Waals surface area (Å²) in [7, 11) is 1.67. The number of aromatic nitrogens is 4. The molecule has 5 rings (SSSR count). The highest BCUT2D eigenvalue weighted by atomic mass is 16.5. The first-order valence-corrected chi connectivity index (χ1v) is 11.0. The maximum Gasteiger partial charge on any atom is 0.299 e. The largest absolute Gasteiger partial charge is 0.463 e. The van der Waals surface area contributed by atoms with E-state index in [-0.39, 0.29) is 5.56 Å². The van der Waals surface area contributed by atoms with Gasteiger partial charge in [0, 0.05) is 54.4 Å². The van der Waals surface area contributed by atoms with Crippen molar-refractivity contribution in [3.63, 3.8) is 0 Å². The lowest BCUT2D eigenvalue weighted by Gasteiger charge is -2.21. The Hall–Kier alpha value is -3.74. The number of anilines is 1. The number of aryl methyl sites for hydroxylation is 1. The van der Waals surface area contributed by atoms with Crippen LogP contribution in [-0.2, 0) is 19.9 Å². The number of ether oxygens (including phenoxy) is 1. The molecule has 0 spiro atoms. The molecular weight excluding hydrogens is 402 g/mol. The quantitative estimate of drug-likeness (QED) is 0.472. The summed E-state index contributed by atoms with van der Waals surface area (Å²) in [6.45, 7) is 0.974.